The molecule has 0 bridgehead atoms. The maximum Gasteiger partial charge on any atom is 0.260 e. The third-order valence-corrected chi connectivity index (χ3v) is 4.45. The number of hydrogen-bond acceptors (Lipinski definition) is 2. The normalized spacial score (nSPS) is 14.7. The summed E-state index contributed by atoms with van der Waals surface area (Å²) >= 11 is 0. The molecule has 1 amide bonds. The van der Waals surface area contributed by atoms with Gasteiger partial charge >= 0.3 is 0 Å². The molecule has 26 heavy (non-hydrogen) atoms. The van der Waals surface area contributed by atoms with Crippen LogP contribution in [-0.4, -0.2) is 37.0 Å². The van der Waals surface area contributed by atoms with E-state index in [1.54, 1.807) is 0 Å². The molecule has 3 nitrogen and oxygen atoms in total. The molecule has 1 aliphatic rings. The lowest BCUT2D eigenvalue weighted by Crippen LogP contribution is -2.49. The van der Waals surface area contributed by atoms with E-state index in [1.165, 1.54) is 0 Å². The molecule has 2 aromatic rings. The van der Waals surface area contributed by atoms with Crippen LogP contribution in [0.3, 0.4) is 0 Å². The first-order valence-corrected chi connectivity index (χ1v) is 7.94. The summed E-state index contributed by atoms with van der Waals surface area (Å²) in [5.74, 6) is -11.9. The summed E-state index contributed by atoms with van der Waals surface area (Å²) in [6, 6.07) is 7.61. The standard InChI is InChI=1S/C18H15F5N2O/c1-10-4-2-3-5-11(10)24-6-8-25(9-7-24)18(26)12-13(19)15(21)17(23)16(22)14(12)20/h2-5H,6-9H2,1H3. The van der Waals surface area contributed by atoms with E-state index in [4.69, 9.17) is 0 Å². The largest absolute Gasteiger partial charge is 0.368 e. The highest BCUT2D eigenvalue weighted by Gasteiger charge is 2.33. The minimum absolute atomic E-state index is 0.104. The second-order valence-electron chi connectivity index (χ2n) is 6.01. The van der Waals surface area contributed by atoms with E-state index in [1.807, 2.05) is 36.1 Å². The Morgan fingerprint density at radius 1 is 0.808 bits per heavy atom. The van der Waals surface area contributed by atoms with Gasteiger partial charge in [-0.15, -0.1) is 0 Å². The Kier molecular flexibility index (Phi) is 4.84. The molecule has 3 rings (SSSR count). The van der Waals surface area contributed by atoms with Crippen molar-refractivity contribution in [2.24, 2.45) is 0 Å². The molecule has 0 unspecified atom stereocenters. The average molecular weight is 370 g/mol. The van der Waals surface area contributed by atoms with Gasteiger partial charge in [0.05, 0.1) is 0 Å². The number of benzene rings is 2. The Balaban J connectivity index is 1.81. The monoisotopic (exact) mass is 370 g/mol. The first kappa shape index (κ1) is 18.2. The topological polar surface area (TPSA) is 23.6 Å². The molecular weight excluding hydrogens is 355 g/mol. The van der Waals surface area contributed by atoms with Crippen LogP contribution in [0.2, 0.25) is 0 Å². The number of rotatable bonds is 2. The van der Waals surface area contributed by atoms with Gasteiger partial charge in [-0.05, 0) is 18.6 Å². The van der Waals surface area contributed by atoms with Gasteiger partial charge in [0.2, 0.25) is 5.82 Å². The highest BCUT2D eigenvalue weighted by molar-refractivity contribution is 5.95. The van der Waals surface area contributed by atoms with Crippen LogP contribution >= 0.6 is 0 Å². The van der Waals surface area contributed by atoms with E-state index in [2.05, 4.69) is 0 Å². The van der Waals surface area contributed by atoms with E-state index in [0.717, 1.165) is 16.2 Å². The van der Waals surface area contributed by atoms with Gasteiger partial charge in [0.25, 0.3) is 5.91 Å². The first-order chi connectivity index (χ1) is 12.3. The number of carbonyl (C=O) groups is 1. The number of halogens is 5. The van der Waals surface area contributed by atoms with Gasteiger partial charge < -0.3 is 9.80 Å². The van der Waals surface area contributed by atoms with Gasteiger partial charge in [-0.1, -0.05) is 18.2 Å². The number of aryl methyl sites for hydroxylation is 1. The van der Waals surface area contributed by atoms with Crippen molar-refractivity contribution < 1.29 is 26.7 Å². The van der Waals surface area contributed by atoms with Crippen LogP contribution in [0.4, 0.5) is 27.6 Å². The van der Waals surface area contributed by atoms with Gasteiger partial charge in [-0.25, -0.2) is 22.0 Å². The number of anilines is 1. The maximum atomic E-state index is 13.8. The number of hydrogen-bond donors (Lipinski definition) is 0. The lowest BCUT2D eigenvalue weighted by molar-refractivity contribution is 0.0733. The fraction of sp³-hybridized carbons (Fsp3) is 0.278. The van der Waals surface area contributed by atoms with E-state index < -0.39 is 40.6 Å². The molecule has 2 aromatic carbocycles. The summed E-state index contributed by atoms with van der Waals surface area (Å²) in [6.45, 7) is 2.90. The Labute approximate surface area is 146 Å². The van der Waals surface area contributed by atoms with Crippen LogP contribution in [0.1, 0.15) is 15.9 Å². The molecule has 0 aliphatic carbocycles. The maximum absolute atomic E-state index is 13.8. The molecule has 0 aromatic heterocycles. The van der Waals surface area contributed by atoms with Gasteiger partial charge in [0.1, 0.15) is 5.56 Å². The van der Waals surface area contributed by atoms with Crippen molar-refractivity contribution in [1.82, 2.24) is 4.90 Å². The van der Waals surface area contributed by atoms with E-state index in [0.29, 0.717) is 13.1 Å². The molecule has 1 fully saturated rings. The van der Waals surface area contributed by atoms with Gasteiger partial charge in [0.15, 0.2) is 23.3 Å². The van der Waals surface area contributed by atoms with Gasteiger partial charge in [-0.2, -0.15) is 0 Å². The third kappa shape index (κ3) is 3.00. The SMILES string of the molecule is Cc1ccccc1N1CCN(C(=O)c2c(F)c(F)c(F)c(F)c2F)CC1. The summed E-state index contributed by atoms with van der Waals surface area (Å²) in [4.78, 5) is 15.4. The van der Waals surface area contributed by atoms with Crippen molar-refractivity contribution in [2.45, 2.75) is 6.92 Å². The molecule has 138 valence electrons. The fourth-order valence-electron chi connectivity index (χ4n) is 3.02. The molecule has 1 heterocycles. The molecule has 8 heteroatoms. The molecule has 0 N–H and O–H groups in total. The van der Waals surface area contributed by atoms with Crippen LogP contribution in [0.5, 0.6) is 0 Å². The van der Waals surface area contributed by atoms with E-state index in [-0.39, 0.29) is 13.1 Å². The molecule has 1 aliphatic heterocycles. The van der Waals surface area contributed by atoms with Crippen molar-refractivity contribution in [1.29, 1.82) is 0 Å². The fourth-order valence-corrected chi connectivity index (χ4v) is 3.02. The zero-order chi connectivity index (χ0) is 19.0. The summed E-state index contributed by atoms with van der Waals surface area (Å²) in [7, 11) is 0. The zero-order valence-electron chi connectivity index (χ0n) is 13.8. The number of piperazine rings is 1. The van der Waals surface area contributed by atoms with Crippen molar-refractivity contribution in [2.75, 3.05) is 31.1 Å². The molecule has 0 saturated carbocycles. The predicted octanol–water partition coefficient (Wildman–Crippen LogP) is 3.65. The van der Waals surface area contributed by atoms with Gasteiger partial charge in [-0.3, -0.25) is 4.79 Å². The summed E-state index contributed by atoms with van der Waals surface area (Å²) in [5, 5.41) is 0. The number of carbonyl (C=O) groups excluding carboxylic acids is 1. The van der Waals surface area contributed by atoms with Crippen LogP contribution in [0.25, 0.3) is 0 Å². The molecular formula is C18H15F5N2O. The lowest BCUT2D eigenvalue weighted by atomic mass is 10.1. The van der Waals surface area contributed by atoms with E-state index >= 15 is 0 Å². The Bertz CT molecular complexity index is 834. The summed E-state index contributed by atoms with van der Waals surface area (Å²) in [5.41, 5.74) is 0.591. The summed E-state index contributed by atoms with van der Waals surface area (Å²) in [6.07, 6.45) is 0. The van der Waals surface area contributed by atoms with Crippen LogP contribution in [0.15, 0.2) is 24.3 Å². The van der Waals surface area contributed by atoms with Crippen LogP contribution < -0.4 is 4.90 Å². The number of para-hydroxylation sites is 1. The van der Waals surface area contributed by atoms with Crippen molar-refractivity contribution in [3.05, 3.63) is 64.5 Å². The number of amides is 1. The third-order valence-electron chi connectivity index (χ3n) is 4.45. The molecule has 0 spiro atoms. The van der Waals surface area contributed by atoms with Crippen LogP contribution in [0, 0.1) is 36.0 Å². The average Bonchev–Trinajstić information content (AvgIpc) is 2.65. The minimum Gasteiger partial charge on any atom is -0.368 e. The number of nitrogens with zero attached hydrogens (tertiary/aromatic N) is 2. The first-order valence-electron chi connectivity index (χ1n) is 7.94. The second-order valence-corrected chi connectivity index (χ2v) is 6.01. The highest BCUT2D eigenvalue weighted by Crippen LogP contribution is 2.26. The molecule has 0 atom stereocenters. The second kappa shape index (κ2) is 6.93. The quantitative estimate of drug-likeness (QED) is 0.458. The Hall–Kier alpha value is -2.64. The smallest absolute Gasteiger partial charge is 0.260 e. The molecule has 0 radical (unpaired) electrons. The van der Waals surface area contributed by atoms with Crippen molar-refractivity contribution in [3.8, 4) is 0 Å². The minimum atomic E-state index is -2.28. The Morgan fingerprint density at radius 2 is 1.31 bits per heavy atom. The predicted molar refractivity (Wildman–Crippen MR) is 85.5 cm³/mol. The zero-order valence-corrected chi connectivity index (χ0v) is 13.8. The lowest BCUT2D eigenvalue weighted by Gasteiger charge is -2.36. The summed E-state index contributed by atoms with van der Waals surface area (Å²) < 4.78 is 67.4. The van der Waals surface area contributed by atoms with Crippen LogP contribution in [-0.2, 0) is 0 Å². The van der Waals surface area contributed by atoms with Gasteiger partial charge in [0, 0.05) is 31.9 Å². The van der Waals surface area contributed by atoms with Crippen molar-refractivity contribution >= 4 is 11.6 Å². The van der Waals surface area contributed by atoms with Crippen molar-refractivity contribution in [3.63, 3.8) is 0 Å². The Morgan fingerprint density at radius 3 is 1.85 bits per heavy atom. The molecule has 1 saturated heterocycles. The highest BCUT2D eigenvalue weighted by atomic mass is 19.2. The van der Waals surface area contributed by atoms with E-state index in [9.17, 15) is 26.7 Å².